The summed E-state index contributed by atoms with van der Waals surface area (Å²) < 4.78 is 0. The van der Waals surface area contributed by atoms with Crippen LogP contribution in [0, 0.1) is 0 Å². The van der Waals surface area contributed by atoms with Crippen molar-refractivity contribution in [2.24, 2.45) is 0 Å². The van der Waals surface area contributed by atoms with Crippen LogP contribution in [0.2, 0.25) is 0 Å². The second-order valence-electron chi connectivity index (χ2n) is 16.7. The summed E-state index contributed by atoms with van der Waals surface area (Å²) in [5.41, 5.74) is 20.1. The van der Waals surface area contributed by atoms with E-state index < -0.39 is 0 Å². The average molecular weight is 748 g/mol. The van der Waals surface area contributed by atoms with E-state index in [0.29, 0.717) is 5.92 Å². The van der Waals surface area contributed by atoms with Gasteiger partial charge in [-0.3, -0.25) is 0 Å². The van der Waals surface area contributed by atoms with Gasteiger partial charge in [-0.15, -0.1) is 0 Å². The quantitative estimate of drug-likeness (QED) is 0.150. The van der Waals surface area contributed by atoms with E-state index in [0.717, 1.165) is 17.1 Å². The van der Waals surface area contributed by atoms with E-state index in [9.17, 15) is 0 Å². The number of rotatable bonds is 8. The van der Waals surface area contributed by atoms with Gasteiger partial charge < -0.3 is 4.90 Å². The molecule has 1 saturated carbocycles. The summed E-state index contributed by atoms with van der Waals surface area (Å²) in [7, 11) is 0. The maximum Gasteiger partial charge on any atom is 0.0465 e. The van der Waals surface area contributed by atoms with Gasteiger partial charge in [-0.2, -0.15) is 0 Å². The predicted molar refractivity (Wildman–Crippen MR) is 246 cm³/mol. The Balaban J connectivity index is 1.03. The fourth-order valence-electron chi connectivity index (χ4n) is 9.81. The monoisotopic (exact) mass is 747 g/mol. The molecule has 0 spiro atoms. The number of hydrogen-bond donors (Lipinski definition) is 0. The van der Waals surface area contributed by atoms with E-state index in [1.165, 1.54) is 104 Å². The molecule has 2 aliphatic carbocycles. The smallest absolute Gasteiger partial charge is 0.0465 e. The van der Waals surface area contributed by atoms with E-state index in [2.05, 4.69) is 213 Å². The Hall–Kier alpha value is -6.44. The molecule has 1 nitrogen and oxygen atoms in total. The fourth-order valence-corrected chi connectivity index (χ4v) is 9.81. The summed E-state index contributed by atoms with van der Waals surface area (Å²) in [5, 5.41) is 0. The first-order valence-corrected chi connectivity index (χ1v) is 21.1. The van der Waals surface area contributed by atoms with Gasteiger partial charge >= 0.3 is 0 Å². The first-order chi connectivity index (χ1) is 28.5. The highest BCUT2D eigenvalue weighted by Gasteiger charge is 2.35. The lowest BCUT2D eigenvalue weighted by atomic mass is 9.82. The summed E-state index contributed by atoms with van der Waals surface area (Å²) >= 11 is 0. The molecule has 2 aliphatic rings. The molecule has 0 saturated heterocycles. The van der Waals surface area contributed by atoms with Gasteiger partial charge in [0.05, 0.1) is 0 Å². The molecule has 10 rings (SSSR count). The zero-order valence-corrected chi connectivity index (χ0v) is 33.5. The topological polar surface area (TPSA) is 3.24 Å². The molecule has 282 valence electrons. The summed E-state index contributed by atoms with van der Waals surface area (Å²) in [4.78, 5) is 2.43. The highest BCUT2D eigenvalue weighted by atomic mass is 15.1. The van der Waals surface area contributed by atoms with E-state index >= 15 is 0 Å². The van der Waals surface area contributed by atoms with Crippen LogP contribution in [0.25, 0.3) is 55.6 Å². The number of nitrogens with zero attached hydrogens (tertiary/aromatic N) is 1. The molecule has 8 aromatic rings. The van der Waals surface area contributed by atoms with E-state index in [4.69, 9.17) is 0 Å². The predicted octanol–water partition coefficient (Wildman–Crippen LogP) is 16.2. The van der Waals surface area contributed by atoms with Crippen molar-refractivity contribution < 1.29 is 0 Å². The molecule has 0 aromatic heterocycles. The minimum absolute atomic E-state index is 0.0924. The number of anilines is 3. The number of fused-ring (bicyclic) bond motifs is 3. The lowest BCUT2D eigenvalue weighted by Crippen LogP contribution is -2.16. The molecule has 0 N–H and O–H groups in total. The van der Waals surface area contributed by atoms with E-state index in [1.54, 1.807) is 0 Å². The van der Waals surface area contributed by atoms with Crippen molar-refractivity contribution >= 4 is 17.1 Å². The highest BCUT2D eigenvalue weighted by Crippen LogP contribution is 2.51. The second kappa shape index (κ2) is 15.1. The zero-order valence-electron chi connectivity index (χ0n) is 33.5. The summed E-state index contributed by atoms with van der Waals surface area (Å²) in [5.74, 6) is 0.716. The molecule has 0 radical (unpaired) electrons. The Bertz CT molecular complexity index is 2700. The summed E-state index contributed by atoms with van der Waals surface area (Å²) in [6.45, 7) is 4.73. The first-order valence-electron chi connectivity index (χ1n) is 21.1. The molecule has 0 aliphatic heterocycles. The van der Waals surface area contributed by atoms with Gasteiger partial charge in [0, 0.05) is 22.5 Å². The minimum atomic E-state index is -0.0924. The van der Waals surface area contributed by atoms with Crippen LogP contribution in [0.5, 0.6) is 0 Å². The lowest BCUT2D eigenvalue weighted by molar-refractivity contribution is 0.443. The van der Waals surface area contributed by atoms with Crippen molar-refractivity contribution in [1.29, 1.82) is 0 Å². The molecule has 1 heteroatoms. The molecule has 0 atom stereocenters. The molecule has 0 heterocycles. The van der Waals surface area contributed by atoms with Gasteiger partial charge in [-0.05, 0) is 127 Å². The zero-order chi connectivity index (χ0) is 39.1. The third kappa shape index (κ3) is 6.55. The Morgan fingerprint density at radius 3 is 1.41 bits per heavy atom. The third-order valence-electron chi connectivity index (χ3n) is 12.9. The van der Waals surface area contributed by atoms with Gasteiger partial charge in [0.15, 0.2) is 0 Å². The van der Waals surface area contributed by atoms with Crippen LogP contribution in [0.3, 0.4) is 0 Å². The average Bonchev–Trinajstić information content (AvgIpc) is 3.53. The van der Waals surface area contributed by atoms with Crippen LogP contribution in [-0.4, -0.2) is 0 Å². The highest BCUT2D eigenvalue weighted by molar-refractivity contribution is 5.92. The number of hydrogen-bond acceptors (Lipinski definition) is 1. The molecule has 0 amide bonds. The standard InChI is InChI=1S/C57H49N/c1-57(2)55-24-14-13-23-53(55)54-38-37-48(39-56(54)57)58(46-33-29-43(30-34-46)42-27-25-41(26-28-42)40-15-5-3-6-16-40)47-35-31-45(32-36-47)50-20-10-12-22-52(50)51-21-11-9-19-49(51)44-17-7-4-8-18-44/h4,7-14,17-40H,3,5-6,15-16H2,1-2H3. The van der Waals surface area contributed by atoms with Gasteiger partial charge in [-0.1, -0.05) is 191 Å². The molecular weight excluding hydrogens is 699 g/mol. The maximum atomic E-state index is 2.43. The van der Waals surface area contributed by atoms with Crippen LogP contribution >= 0.6 is 0 Å². The van der Waals surface area contributed by atoms with Crippen molar-refractivity contribution in [3.8, 4) is 55.6 Å². The fraction of sp³-hybridized carbons (Fsp3) is 0.158. The van der Waals surface area contributed by atoms with Crippen LogP contribution < -0.4 is 4.90 Å². The Morgan fingerprint density at radius 1 is 0.362 bits per heavy atom. The van der Waals surface area contributed by atoms with E-state index in [1.807, 2.05) is 0 Å². The Labute approximate surface area is 344 Å². The van der Waals surface area contributed by atoms with Gasteiger partial charge in [0.2, 0.25) is 0 Å². The Morgan fingerprint density at radius 2 is 0.810 bits per heavy atom. The number of benzene rings is 8. The van der Waals surface area contributed by atoms with Crippen LogP contribution in [0.15, 0.2) is 194 Å². The summed E-state index contributed by atoms with van der Waals surface area (Å²) in [6, 6.07) is 72.0. The second-order valence-corrected chi connectivity index (χ2v) is 16.7. The Kier molecular flexibility index (Phi) is 9.38. The van der Waals surface area contributed by atoms with Crippen LogP contribution in [0.1, 0.15) is 68.6 Å². The first kappa shape index (κ1) is 35.9. The molecular formula is C57H49N. The van der Waals surface area contributed by atoms with Crippen molar-refractivity contribution in [3.63, 3.8) is 0 Å². The van der Waals surface area contributed by atoms with Crippen molar-refractivity contribution in [1.82, 2.24) is 0 Å². The van der Waals surface area contributed by atoms with Gasteiger partial charge in [0.25, 0.3) is 0 Å². The van der Waals surface area contributed by atoms with Crippen molar-refractivity contribution in [3.05, 3.63) is 211 Å². The molecule has 58 heavy (non-hydrogen) atoms. The van der Waals surface area contributed by atoms with Crippen molar-refractivity contribution in [2.45, 2.75) is 57.3 Å². The SMILES string of the molecule is CC1(C)c2ccccc2-c2ccc(N(c3ccc(-c4ccc(C5CCCCC5)cc4)cc3)c3ccc(-c4ccccc4-c4ccccc4-c4ccccc4)cc3)cc21. The maximum absolute atomic E-state index is 2.43. The molecule has 8 aromatic carbocycles. The van der Waals surface area contributed by atoms with Crippen molar-refractivity contribution in [2.75, 3.05) is 4.90 Å². The molecule has 1 fully saturated rings. The van der Waals surface area contributed by atoms with Crippen LogP contribution in [-0.2, 0) is 5.41 Å². The minimum Gasteiger partial charge on any atom is -0.310 e. The lowest BCUT2D eigenvalue weighted by Gasteiger charge is -2.28. The van der Waals surface area contributed by atoms with E-state index in [-0.39, 0.29) is 5.41 Å². The molecule has 0 bridgehead atoms. The normalized spacial score (nSPS) is 14.4. The summed E-state index contributed by atoms with van der Waals surface area (Å²) in [6.07, 6.45) is 6.75. The van der Waals surface area contributed by atoms with Gasteiger partial charge in [-0.25, -0.2) is 0 Å². The van der Waals surface area contributed by atoms with Crippen LogP contribution in [0.4, 0.5) is 17.1 Å². The largest absolute Gasteiger partial charge is 0.310 e. The third-order valence-corrected chi connectivity index (χ3v) is 12.9. The molecule has 0 unspecified atom stereocenters. The van der Waals surface area contributed by atoms with Gasteiger partial charge in [0.1, 0.15) is 0 Å².